The third-order valence-corrected chi connectivity index (χ3v) is 7.60. The summed E-state index contributed by atoms with van der Waals surface area (Å²) in [6.45, 7) is 2.13. The number of piperidine rings is 3. The van der Waals surface area contributed by atoms with Crippen LogP contribution in [0.2, 0.25) is 0 Å². The van der Waals surface area contributed by atoms with Crippen LogP contribution in [-0.2, 0) is 10.5 Å². The summed E-state index contributed by atoms with van der Waals surface area (Å²) in [6, 6.07) is 17.8. The first-order chi connectivity index (χ1) is 15.1. The number of benzene rings is 2. The summed E-state index contributed by atoms with van der Waals surface area (Å²) in [6.07, 6.45) is 2.15. The quantitative estimate of drug-likeness (QED) is 0.453. The molecule has 2 bridgehead atoms. The van der Waals surface area contributed by atoms with E-state index < -0.39 is 0 Å². The van der Waals surface area contributed by atoms with Gasteiger partial charge in [-0.15, -0.1) is 11.8 Å². The largest absolute Gasteiger partial charge is 0.497 e. The lowest BCUT2D eigenvalue weighted by Gasteiger charge is -2.49. The fraction of sp³-hybridized carbons (Fsp3) is 0.391. The molecule has 3 saturated heterocycles. The summed E-state index contributed by atoms with van der Waals surface area (Å²) in [4.78, 5) is 15.6. The number of anilines is 1. The summed E-state index contributed by atoms with van der Waals surface area (Å²) in [5, 5.41) is 3.63. The van der Waals surface area contributed by atoms with E-state index in [-0.39, 0.29) is 17.2 Å². The number of hydrogen-bond donors (Lipinski definition) is 3. The monoisotopic (exact) mass is 456 g/mol. The number of hydrogen-bond acceptors (Lipinski definition) is 5. The third-order valence-electron chi connectivity index (χ3n) is 5.96. The first kappa shape index (κ1) is 21.9. The molecule has 2 aromatic rings. The third kappa shape index (κ3) is 5.50. The standard InChI is InChI=1S/C23H28N4O2S2/c1-29-19-9-7-16(8-10-19)15-31-22-20(17-11-13-27(22)14-12-17)21(28)25-26-23(30)24-18-5-3-2-4-6-18/h2-10,17,20,22H,11-15H2,1H3,(H,25,28)(H2,24,26,30)/t20-,22-/m1/s1. The van der Waals surface area contributed by atoms with Crippen LogP contribution in [0.25, 0.3) is 0 Å². The maximum absolute atomic E-state index is 13.1. The molecule has 0 radical (unpaired) electrons. The average Bonchev–Trinajstić information content (AvgIpc) is 2.82. The van der Waals surface area contributed by atoms with Crippen molar-refractivity contribution in [1.29, 1.82) is 0 Å². The minimum absolute atomic E-state index is 0.0128. The number of nitrogens with one attached hydrogen (secondary N) is 3. The first-order valence-corrected chi connectivity index (χ1v) is 12.0. The first-order valence-electron chi connectivity index (χ1n) is 10.5. The van der Waals surface area contributed by atoms with E-state index in [1.54, 1.807) is 7.11 Å². The Labute approximate surface area is 193 Å². The van der Waals surface area contributed by atoms with Gasteiger partial charge in [-0.25, -0.2) is 0 Å². The molecule has 2 aromatic carbocycles. The van der Waals surface area contributed by atoms with Gasteiger partial charge in [0.2, 0.25) is 5.91 Å². The lowest BCUT2D eigenvalue weighted by atomic mass is 9.78. The maximum atomic E-state index is 13.1. The highest BCUT2D eigenvalue weighted by Crippen LogP contribution is 2.42. The summed E-state index contributed by atoms with van der Waals surface area (Å²) < 4.78 is 5.25. The van der Waals surface area contributed by atoms with Gasteiger partial charge in [-0.1, -0.05) is 30.3 Å². The summed E-state index contributed by atoms with van der Waals surface area (Å²) in [5.41, 5.74) is 7.84. The lowest BCUT2D eigenvalue weighted by molar-refractivity contribution is -0.132. The number of rotatable bonds is 6. The average molecular weight is 457 g/mol. The zero-order chi connectivity index (χ0) is 21.6. The van der Waals surface area contributed by atoms with Crippen LogP contribution in [0.3, 0.4) is 0 Å². The number of carbonyl (C=O) groups excluding carboxylic acids is 1. The van der Waals surface area contributed by atoms with Crippen molar-refractivity contribution in [3.8, 4) is 5.75 Å². The van der Waals surface area contributed by atoms with Gasteiger partial charge in [-0.2, -0.15) is 0 Å². The highest BCUT2D eigenvalue weighted by atomic mass is 32.2. The summed E-state index contributed by atoms with van der Waals surface area (Å²) in [5.74, 6) is 2.09. The molecule has 0 unspecified atom stereocenters. The van der Waals surface area contributed by atoms with Crippen molar-refractivity contribution >= 4 is 40.7 Å². The van der Waals surface area contributed by atoms with Crippen molar-refractivity contribution in [3.63, 3.8) is 0 Å². The number of fused-ring (bicyclic) bond motifs is 3. The van der Waals surface area contributed by atoms with E-state index in [9.17, 15) is 4.79 Å². The highest BCUT2D eigenvalue weighted by Gasteiger charge is 2.46. The Kier molecular flexibility index (Phi) is 7.32. The van der Waals surface area contributed by atoms with E-state index in [0.29, 0.717) is 11.0 Å². The minimum Gasteiger partial charge on any atom is -0.497 e. The van der Waals surface area contributed by atoms with Gasteiger partial charge in [0.15, 0.2) is 5.11 Å². The van der Waals surface area contributed by atoms with Gasteiger partial charge in [-0.05, 0) is 73.9 Å². The van der Waals surface area contributed by atoms with Crippen LogP contribution in [0, 0.1) is 11.8 Å². The van der Waals surface area contributed by atoms with Crippen LogP contribution in [0.15, 0.2) is 54.6 Å². The second-order valence-electron chi connectivity index (χ2n) is 7.88. The molecule has 6 nitrogen and oxygen atoms in total. The maximum Gasteiger partial charge on any atom is 0.244 e. The molecule has 3 aliphatic heterocycles. The molecule has 164 valence electrons. The Morgan fingerprint density at radius 1 is 1.10 bits per heavy atom. The van der Waals surface area contributed by atoms with Crippen LogP contribution in [-0.4, -0.2) is 41.5 Å². The number of thiocarbonyl (C=S) groups is 1. The molecule has 0 aliphatic carbocycles. The molecule has 3 heterocycles. The molecule has 8 heteroatoms. The summed E-state index contributed by atoms with van der Waals surface area (Å²) >= 11 is 7.17. The molecule has 0 aromatic heterocycles. The molecule has 0 spiro atoms. The number of amides is 1. The summed E-state index contributed by atoms with van der Waals surface area (Å²) in [7, 11) is 1.67. The van der Waals surface area contributed by atoms with Crippen molar-refractivity contribution in [2.24, 2.45) is 11.8 Å². The van der Waals surface area contributed by atoms with Crippen molar-refractivity contribution in [2.45, 2.75) is 24.0 Å². The van der Waals surface area contributed by atoms with Gasteiger partial charge in [0.25, 0.3) is 0 Å². The normalized spacial score (nSPS) is 24.3. The van der Waals surface area contributed by atoms with E-state index in [0.717, 1.165) is 43.1 Å². The molecule has 3 fully saturated rings. The van der Waals surface area contributed by atoms with Crippen LogP contribution >= 0.6 is 24.0 Å². The number of para-hydroxylation sites is 1. The van der Waals surface area contributed by atoms with E-state index in [1.807, 2.05) is 54.2 Å². The van der Waals surface area contributed by atoms with Crippen LogP contribution in [0.4, 0.5) is 5.69 Å². The zero-order valence-corrected chi connectivity index (χ0v) is 19.2. The van der Waals surface area contributed by atoms with Gasteiger partial charge in [-0.3, -0.25) is 20.5 Å². The van der Waals surface area contributed by atoms with Crippen molar-refractivity contribution in [3.05, 3.63) is 60.2 Å². The Balaban J connectivity index is 1.35. The minimum atomic E-state index is -0.0576. The molecule has 31 heavy (non-hydrogen) atoms. The zero-order valence-electron chi connectivity index (χ0n) is 17.5. The number of hydrazine groups is 1. The molecule has 1 amide bonds. The lowest BCUT2D eigenvalue weighted by Crippen LogP contribution is -2.59. The fourth-order valence-corrected chi connectivity index (χ4v) is 6.03. The van der Waals surface area contributed by atoms with Gasteiger partial charge in [0.1, 0.15) is 5.75 Å². The Hall–Kier alpha value is -2.29. The number of carbonyl (C=O) groups is 1. The van der Waals surface area contributed by atoms with Crippen molar-refractivity contribution in [1.82, 2.24) is 15.8 Å². The van der Waals surface area contributed by atoms with Crippen LogP contribution < -0.4 is 20.9 Å². The van der Waals surface area contributed by atoms with E-state index in [4.69, 9.17) is 17.0 Å². The molecule has 2 atom stereocenters. The second kappa shape index (κ2) is 10.3. The number of nitrogens with zero attached hydrogens (tertiary/aromatic N) is 1. The Morgan fingerprint density at radius 2 is 1.81 bits per heavy atom. The Bertz CT molecular complexity index is 886. The van der Waals surface area contributed by atoms with E-state index in [1.165, 1.54) is 5.56 Å². The predicted octanol–water partition coefficient (Wildman–Crippen LogP) is 3.61. The topological polar surface area (TPSA) is 65.6 Å². The molecular formula is C23H28N4O2S2. The Morgan fingerprint density at radius 3 is 2.48 bits per heavy atom. The number of thioether (sulfide) groups is 1. The second-order valence-corrected chi connectivity index (χ2v) is 9.40. The van der Waals surface area contributed by atoms with Gasteiger partial charge < -0.3 is 10.1 Å². The van der Waals surface area contributed by atoms with Gasteiger partial charge >= 0.3 is 0 Å². The van der Waals surface area contributed by atoms with E-state index in [2.05, 4.69) is 33.2 Å². The molecule has 5 rings (SSSR count). The molecule has 3 aliphatic rings. The number of ether oxygens (including phenoxy) is 1. The van der Waals surface area contributed by atoms with Gasteiger partial charge in [0.05, 0.1) is 18.4 Å². The smallest absolute Gasteiger partial charge is 0.244 e. The van der Waals surface area contributed by atoms with E-state index >= 15 is 0 Å². The molecule has 3 N–H and O–H groups in total. The predicted molar refractivity (Wildman–Crippen MR) is 130 cm³/mol. The SMILES string of the molecule is COc1ccc(CS[C@@H]2[C@@H](C(=O)NNC(=S)Nc3ccccc3)C3CCN2CC3)cc1. The number of methoxy groups -OCH3 is 1. The van der Waals surface area contributed by atoms with Gasteiger partial charge in [0, 0.05) is 11.4 Å². The molecular weight excluding hydrogens is 428 g/mol. The van der Waals surface area contributed by atoms with Crippen molar-refractivity contribution in [2.75, 3.05) is 25.5 Å². The van der Waals surface area contributed by atoms with Crippen molar-refractivity contribution < 1.29 is 9.53 Å². The van der Waals surface area contributed by atoms with Crippen LogP contribution in [0.1, 0.15) is 18.4 Å². The molecule has 0 saturated carbocycles. The van der Waals surface area contributed by atoms with Crippen LogP contribution in [0.5, 0.6) is 5.75 Å². The highest BCUT2D eigenvalue weighted by molar-refractivity contribution is 7.99. The fourth-order valence-electron chi connectivity index (χ4n) is 4.33.